The fraction of sp³-hybridized carbons (Fsp3) is 0.467. The van der Waals surface area contributed by atoms with E-state index in [0.29, 0.717) is 5.56 Å². The van der Waals surface area contributed by atoms with Crippen LogP contribution in [0, 0.1) is 6.92 Å². The quantitative estimate of drug-likeness (QED) is 0.817. The van der Waals surface area contributed by atoms with Gasteiger partial charge >= 0.3 is 17.6 Å². The highest BCUT2D eigenvalue weighted by molar-refractivity contribution is 7.85. The second kappa shape index (κ2) is 6.66. The molecule has 0 radical (unpaired) electrons. The summed E-state index contributed by atoms with van der Waals surface area (Å²) < 4.78 is 52.8. The van der Waals surface area contributed by atoms with Gasteiger partial charge in [-0.25, -0.2) is 18.8 Å². The molecule has 138 valence electrons. The van der Waals surface area contributed by atoms with Crippen molar-refractivity contribution < 1.29 is 17.4 Å². The molecule has 0 N–H and O–H groups in total. The van der Waals surface area contributed by atoms with E-state index >= 15 is 0 Å². The molecule has 1 aromatic carbocycles. The molecule has 1 atom stereocenters. The Bertz CT molecular complexity index is 938. The number of halogens is 3. The lowest BCUT2D eigenvalue weighted by Crippen LogP contribution is -2.30. The van der Waals surface area contributed by atoms with Gasteiger partial charge in [0.2, 0.25) is 0 Å². The van der Waals surface area contributed by atoms with Gasteiger partial charge in [-0.05, 0) is 38.5 Å². The Morgan fingerprint density at radius 1 is 1.16 bits per heavy atom. The van der Waals surface area contributed by atoms with Crippen LogP contribution in [0.5, 0.6) is 0 Å². The minimum absolute atomic E-state index is 0.0218. The highest BCUT2D eigenvalue weighted by atomic mass is 32.2. The summed E-state index contributed by atoms with van der Waals surface area (Å²) in [5.74, 6) is -1.47. The van der Waals surface area contributed by atoms with Crippen LogP contribution < -0.4 is 11.4 Å². The third kappa shape index (κ3) is 3.78. The van der Waals surface area contributed by atoms with Crippen molar-refractivity contribution in [3.05, 3.63) is 44.7 Å². The smallest absolute Gasteiger partial charge is 0.254 e. The number of aromatic nitrogens is 3. The Morgan fingerprint density at radius 3 is 2.24 bits per heavy atom. The lowest BCUT2D eigenvalue weighted by molar-refractivity contribution is -0.105. The normalized spacial score (nSPS) is 13.4. The molecular weight excluding hydrogens is 359 g/mol. The van der Waals surface area contributed by atoms with Crippen LogP contribution in [0.15, 0.2) is 32.7 Å². The van der Waals surface area contributed by atoms with Gasteiger partial charge in [-0.15, -0.1) is 0 Å². The van der Waals surface area contributed by atoms with Crippen molar-refractivity contribution in [2.45, 2.75) is 37.9 Å². The van der Waals surface area contributed by atoms with E-state index in [2.05, 4.69) is 0 Å². The highest BCUT2D eigenvalue weighted by Gasteiger charge is 2.31. The van der Waals surface area contributed by atoms with Gasteiger partial charge in [-0.3, -0.25) is 4.21 Å². The van der Waals surface area contributed by atoms with E-state index in [9.17, 15) is 27.0 Å². The average Bonchev–Trinajstić information content (AvgIpc) is 2.68. The Morgan fingerprint density at radius 2 is 1.76 bits per heavy atom. The van der Waals surface area contributed by atoms with E-state index in [1.54, 1.807) is 13.8 Å². The van der Waals surface area contributed by atoms with Gasteiger partial charge in [0.05, 0.1) is 16.5 Å². The zero-order valence-corrected chi connectivity index (χ0v) is 14.9. The predicted octanol–water partition coefficient (Wildman–Crippen LogP) is 1.90. The second-order valence-electron chi connectivity index (χ2n) is 5.92. The molecule has 6 nitrogen and oxygen atoms in total. The number of rotatable bonds is 4. The summed E-state index contributed by atoms with van der Waals surface area (Å²) in [5.41, 5.74) is -0.565. The van der Waals surface area contributed by atoms with Crippen molar-refractivity contribution in [2.75, 3.05) is 5.75 Å². The fourth-order valence-corrected chi connectivity index (χ4v) is 3.60. The van der Waals surface area contributed by atoms with Crippen molar-refractivity contribution in [3.8, 4) is 5.69 Å². The van der Waals surface area contributed by atoms with Gasteiger partial charge in [-0.2, -0.15) is 17.9 Å². The molecule has 25 heavy (non-hydrogen) atoms. The molecule has 0 bridgehead atoms. The van der Waals surface area contributed by atoms with E-state index < -0.39 is 34.1 Å². The van der Waals surface area contributed by atoms with Gasteiger partial charge in [0.25, 0.3) is 0 Å². The molecule has 1 unspecified atom stereocenters. The third-order valence-electron chi connectivity index (χ3n) is 3.64. The summed E-state index contributed by atoms with van der Waals surface area (Å²) in [6, 6.07) is 3.84. The molecule has 0 fully saturated rings. The van der Waals surface area contributed by atoms with Crippen LogP contribution in [0.25, 0.3) is 5.69 Å². The van der Waals surface area contributed by atoms with E-state index in [1.807, 2.05) is 0 Å². The summed E-state index contributed by atoms with van der Waals surface area (Å²) in [6.07, 6.45) is -4.57. The van der Waals surface area contributed by atoms with Crippen molar-refractivity contribution in [1.29, 1.82) is 0 Å². The lowest BCUT2D eigenvalue weighted by Gasteiger charge is -2.11. The largest absolute Gasteiger partial charge is 0.400 e. The first-order valence-corrected chi connectivity index (χ1v) is 8.72. The zero-order valence-electron chi connectivity index (χ0n) is 14.1. The summed E-state index contributed by atoms with van der Waals surface area (Å²) in [5, 5.41) is 0. The molecule has 0 amide bonds. The number of nitrogens with zero attached hydrogens (tertiary/aromatic N) is 3. The molecule has 0 saturated carbocycles. The topological polar surface area (TPSA) is 66.0 Å². The minimum atomic E-state index is -4.57. The van der Waals surface area contributed by atoms with E-state index in [-0.39, 0.29) is 16.6 Å². The maximum absolute atomic E-state index is 12.5. The monoisotopic (exact) mass is 377 g/mol. The summed E-state index contributed by atoms with van der Waals surface area (Å²) in [4.78, 5) is 24.7. The molecule has 0 aliphatic heterocycles. The van der Waals surface area contributed by atoms with E-state index in [0.717, 1.165) is 13.9 Å². The summed E-state index contributed by atoms with van der Waals surface area (Å²) in [6.45, 7) is 4.88. The maximum atomic E-state index is 12.5. The molecule has 10 heteroatoms. The van der Waals surface area contributed by atoms with E-state index in [4.69, 9.17) is 0 Å². The van der Waals surface area contributed by atoms with Crippen LogP contribution in [-0.4, -0.2) is 30.1 Å². The average molecular weight is 377 g/mol. The molecule has 0 aliphatic rings. The molecule has 0 spiro atoms. The van der Waals surface area contributed by atoms with Gasteiger partial charge < -0.3 is 0 Å². The third-order valence-corrected chi connectivity index (χ3v) is 5.16. The summed E-state index contributed by atoms with van der Waals surface area (Å²) in [7, 11) is -0.920. The van der Waals surface area contributed by atoms with Crippen molar-refractivity contribution in [1.82, 2.24) is 13.9 Å². The number of aryl methyl sites for hydroxylation is 1. The van der Waals surface area contributed by atoms with Crippen molar-refractivity contribution in [3.63, 3.8) is 0 Å². The van der Waals surface area contributed by atoms with Gasteiger partial charge in [0, 0.05) is 18.0 Å². The van der Waals surface area contributed by atoms with Crippen LogP contribution >= 0.6 is 0 Å². The number of hydrogen-bond donors (Lipinski definition) is 0. The Kier molecular flexibility index (Phi) is 5.12. The van der Waals surface area contributed by atoms with Crippen LogP contribution in [-0.2, 0) is 17.8 Å². The summed E-state index contributed by atoms with van der Waals surface area (Å²) >= 11 is 0. The van der Waals surface area contributed by atoms with Crippen molar-refractivity contribution >= 4 is 10.8 Å². The van der Waals surface area contributed by atoms with Gasteiger partial charge in [-0.1, -0.05) is 6.07 Å². The number of hydrogen-bond acceptors (Lipinski definition) is 3. The van der Waals surface area contributed by atoms with Crippen LogP contribution in [0.3, 0.4) is 0 Å². The van der Waals surface area contributed by atoms with E-state index in [1.165, 1.54) is 32.2 Å². The standard InChI is InChI=1S/C15H18F3N3O3S/c1-9(2)20-13(22)19(4)21(14(20)23)11-6-5-10(3)12(7-11)25(24)8-15(16,17)18/h5-7,9H,8H2,1-4H3. The first-order chi connectivity index (χ1) is 11.4. The number of benzene rings is 1. The van der Waals surface area contributed by atoms with Crippen molar-refractivity contribution in [2.24, 2.45) is 7.05 Å². The SMILES string of the molecule is Cc1ccc(-n2c(=O)n(C(C)C)c(=O)n2C)cc1S(=O)CC(F)(F)F. The minimum Gasteiger partial charge on any atom is -0.254 e. The molecule has 1 aromatic heterocycles. The highest BCUT2D eigenvalue weighted by Crippen LogP contribution is 2.23. The first kappa shape index (κ1) is 19.2. The Hall–Kier alpha value is -2.10. The predicted molar refractivity (Wildman–Crippen MR) is 87.7 cm³/mol. The van der Waals surface area contributed by atoms with Crippen LogP contribution in [0.2, 0.25) is 0 Å². The van der Waals surface area contributed by atoms with Crippen LogP contribution in [0.1, 0.15) is 25.5 Å². The molecule has 0 saturated heterocycles. The fourth-order valence-electron chi connectivity index (χ4n) is 2.47. The molecular formula is C15H18F3N3O3S. The van der Waals surface area contributed by atoms with Crippen LogP contribution in [0.4, 0.5) is 13.2 Å². The molecule has 0 aliphatic carbocycles. The Labute approximate surface area is 143 Å². The molecule has 1 heterocycles. The maximum Gasteiger partial charge on any atom is 0.400 e. The second-order valence-corrected chi connectivity index (χ2v) is 7.34. The molecule has 2 aromatic rings. The lowest BCUT2D eigenvalue weighted by atomic mass is 10.2. The zero-order chi connectivity index (χ0) is 19.1. The first-order valence-electron chi connectivity index (χ1n) is 7.40. The van der Waals surface area contributed by atoms with Gasteiger partial charge in [0.1, 0.15) is 5.75 Å². The molecule has 2 rings (SSSR count). The van der Waals surface area contributed by atoms with Gasteiger partial charge in [0.15, 0.2) is 0 Å². The number of alkyl halides is 3. The Balaban J connectivity index is 2.62.